The van der Waals surface area contributed by atoms with E-state index in [0.717, 1.165) is 6.42 Å². The van der Waals surface area contributed by atoms with Crippen molar-refractivity contribution in [3.63, 3.8) is 0 Å². The summed E-state index contributed by atoms with van der Waals surface area (Å²) < 4.78 is 6.55. The minimum absolute atomic E-state index is 0.112. The first-order valence-electron chi connectivity index (χ1n) is 16.4. The van der Waals surface area contributed by atoms with Crippen LogP contribution >= 0.6 is 27.5 Å². The summed E-state index contributed by atoms with van der Waals surface area (Å²) in [5, 5.41) is 1.01. The maximum absolute atomic E-state index is 13.9. The third-order valence-corrected chi connectivity index (χ3v) is 12.0. The lowest BCUT2D eigenvalue weighted by atomic mass is 9.63. The fourth-order valence-corrected chi connectivity index (χ4v) is 8.93. The van der Waals surface area contributed by atoms with Gasteiger partial charge >= 0.3 is 5.97 Å². The van der Waals surface area contributed by atoms with Crippen LogP contribution in [-0.2, 0) is 14.3 Å². The number of benzene rings is 3. The minimum Gasteiger partial charge on any atom is -0.450 e. The molecule has 0 spiro atoms. The summed E-state index contributed by atoms with van der Waals surface area (Å²) in [6.07, 6.45) is 5.52. The lowest BCUT2D eigenvalue weighted by Crippen LogP contribution is -2.40. The number of hydrogen-bond donors (Lipinski definition) is 0. The molecule has 7 atom stereocenters. The Balaban J connectivity index is 1.13. The minimum atomic E-state index is -0.955. The number of hydrogen-bond acceptors (Lipinski definition) is 6. The van der Waals surface area contributed by atoms with E-state index < -0.39 is 12.1 Å². The second-order valence-corrected chi connectivity index (χ2v) is 14.6. The first-order chi connectivity index (χ1) is 23.2. The standard InChI is InChI=1S/C39H32BrClN2O5/c1-3-7-31(36(44)21-8-5-4-6-9-21)48-39(47)28-18-30(42-35-19(2)34(41)29(40)17-27(28)35)20-10-12-22(13-11-20)43-37(45)32-23-14-15-24(26-16-25(23)26)33(32)38(43)46/h4-6,8-15,17-18,23-26,31-33H,3,7,16H2,1-2H3. The average molecular weight is 724 g/mol. The molecule has 0 radical (unpaired) electrons. The third kappa shape index (κ3) is 4.86. The molecule has 2 amide bonds. The maximum Gasteiger partial charge on any atom is 0.339 e. The van der Waals surface area contributed by atoms with E-state index in [2.05, 4.69) is 28.1 Å². The number of carbonyl (C=O) groups is 4. The quantitative estimate of drug-likeness (QED) is 0.0785. The molecule has 1 aliphatic heterocycles. The number of ketones is 1. The van der Waals surface area contributed by atoms with Gasteiger partial charge in [0.05, 0.1) is 39.3 Å². The zero-order chi connectivity index (χ0) is 33.4. The number of carbonyl (C=O) groups excluding carboxylic acids is 4. The third-order valence-electron chi connectivity index (χ3n) is 10.7. The van der Waals surface area contributed by atoms with Gasteiger partial charge in [-0.05, 0) is 89.2 Å². The van der Waals surface area contributed by atoms with Crippen molar-refractivity contribution >= 4 is 67.7 Å². The number of fused-ring (bicyclic) bond motifs is 1. The summed E-state index contributed by atoms with van der Waals surface area (Å²) in [4.78, 5) is 60.9. The Bertz CT molecular complexity index is 2030. The van der Waals surface area contributed by atoms with Crippen LogP contribution in [0.2, 0.25) is 5.02 Å². The number of nitrogens with zero attached hydrogens (tertiary/aromatic N) is 2. The van der Waals surface area contributed by atoms with Crippen LogP contribution in [0, 0.1) is 42.4 Å². The van der Waals surface area contributed by atoms with Gasteiger partial charge in [-0.2, -0.15) is 0 Å². The Morgan fingerprint density at radius 3 is 2.25 bits per heavy atom. The van der Waals surface area contributed by atoms with Crippen LogP contribution in [0.3, 0.4) is 0 Å². The van der Waals surface area contributed by atoms with Crippen molar-refractivity contribution in [1.29, 1.82) is 0 Å². The normalized spacial score (nSPS) is 25.6. The van der Waals surface area contributed by atoms with E-state index in [0.29, 0.717) is 73.1 Å². The van der Waals surface area contributed by atoms with Gasteiger partial charge in [0, 0.05) is 21.0 Å². The van der Waals surface area contributed by atoms with Crippen molar-refractivity contribution in [2.75, 3.05) is 4.90 Å². The van der Waals surface area contributed by atoms with Gasteiger partial charge in [-0.15, -0.1) is 0 Å². The SMILES string of the molecule is CCCC(OC(=O)c1cc(-c2ccc(N3C(=O)C4C5C=CC(C6CC56)C4C3=O)cc2)nc2c(C)c(Cl)c(Br)cc12)C(=O)c1ccccc1. The number of aryl methyl sites for hydroxylation is 1. The van der Waals surface area contributed by atoms with Gasteiger partial charge in [-0.1, -0.05) is 79.6 Å². The predicted molar refractivity (Wildman–Crippen MR) is 187 cm³/mol. The van der Waals surface area contributed by atoms with E-state index in [4.69, 9.17) is 21.3 Å². The lowest BCUT2D eigenvalue weighted by molar-refractivity contribution is -0.124. The number of esters is 1. The van der Waals surface area contributed by atoms with Crippen LogP contribution < -0.4 is 4.90 Å². The summed E-state index contributed by atoms with van der Waals surface area (Å²) in [5.41, 5.74) is 3.62. The first kappa shape index (κ1) is 31.1. The van der Waals surface area contributed by atoms with Crippen LogP contribution in [0.15, 0.2) is 83.4 Å². The first-order valence-corrected chi connectivity index (χ1v) is 17.6. The largest absolute Gasteiger partial charge is 0.450 e. The van der Waals surface area contributed by atoms with E-state index in [9.17, 15) is 19.2 Å². The molecule has 1 saturated heterocycles. The molecule has 4 aromatic rings. The number of pyridine rings is 1. The highest BCUT2D eigenvalue weighted by Crippen LogP contribution is 2.65. The molecular formula is C39H32BrClN2O5. The number of ether oxygens (including phenoxy) is 1. The molecule has 7 nitrogen and oxygen atoms in total. The zero-order valence-electron chi connectivity index (χ0n) is 26.4. The monoisotopic (exact) mass is 722 g/mol. The molecule has 4 aliphatic carbocycles. The highest BCUT2D eigenvalue weighted by atomic mass is 79.9. The molecular weight excluding hydrogens is 692 g/mol. The molecule has 9 heteroatoms. The van der Waals surface area contributed by atoms with E-state index in [1.807, 2.05) is 19.9 Å². The second kappa shape index (κ2) is 11.8. The van der Waals surface area contributed by atoms with E-state index in [1.54, 1.807) is 60.7 Å². The molecule has 5 aliphatic rings. The van der Waals surface area contributed by atoms with Gasteiger partial charge in [0.1, 0.15) is 0 Å². The van der Waals surface area contributed by atoms with Gasteiger partial charge in [0.15, 0.2) is 6.10 Å². The molecule has 9 rings (SSSR count). The highest BCUT2D eigenvalue weighted by Gasteiger charge is 2.67. The smallest absolute Gasteiger partial charge is 0.339 e. The fraction of sp³-hybridized carbons (Fsp3) is 0.308. The molecule has 2 bridgehead atoms. The Morgan fingerprint density at radius 2 is 1.62 bits per heavy atom. The molecule has 0 N–H and O–H groups in total. The topological polar surface area (TPSA) is 93.6 Å². The van der Waals surface area contributed by atoms with Crippen molar-refractivity contribution in [2.45, 2.75) is 39.2 Å². The molecule has 7 unspecified atom stereocenters. The number of halogens is 2. The molecule has 48 heavy (non-hydrogen) atoms. The van der Waals surface area contributed by atoms with Crippen molar-refractivity contribution in [3.8, 4) is 11.3 Å². The van der Waals surface area contributed by atoms with E-state index in [1.165, 1.54) is 4.90 Å². The van der Waals surface area contributed by atoms with Crippen LogP contribution in [0.4, 0.5) is 5.69 Å². The molecule has 3 fully saturated rings. The van der Waals surface area contributed by atoms with Gasteiger partial charge in [-0.3, -0.25) is 19.3 Å². The number of imide groups is 1. The molecule has 242 valence electrons. The highest BCUT2D eigenvalue weighted by molar-refractivity contribution is 9.10. The Labute approximate surface area is 291 Å². The molecule has 2 heterocycles. The predicted octanol–water partition coefficient (Wildman–Crippen LogP) is 8.39. The lowest BCUT2D eigenvalue weighted by Gasteiger charge is -2.37. The zero-order valence-corrected chi connectivity index (χ0v) is 28.7. The van der Waals surface area contributed by atoms with Gasteiger partial charge in [-0.25, -0.2) is 9.78 Å². The molecule has 3 aromatic carbocycles. The van der Waals surface area contributed by atoms with E-state index in [-0.39, 0.29) is 46.8 Å². The van der Waals surface area contributed by atoms with Crippen LogP contribution in [0.5, 0.6) is 0 Å². The number of allylic oxidation sites excluding steroid dienone is 2. The van der Waals surface area contributed by atoms with Crippen LogP contribution in [-0.4, -0.2) is 34.7 Å². The Morgan fingerprint density at radius 1 is 0.979 bits per heavy atom. The number of rotatable bonds is 8. The van der Waals surface area contributed by atoms with E-state index >= 15 is 0 Å². The Hall–Kier alpha value is -4.14. The second-order valence-electron chi connectivity index (χ2n) is 13.4. The van der Waals surface area contributed by atoms with Crippen molar-refractivity contribution in [2.24, 2.45) is 35.5 Å². The molecule has 2 saturated carbocycles. The molecule has 1 aromatic heterocycles. The van der Waals surface area contributed by atoms with Crippen molar-refractivity contribution < 1.29 is 23.9 Å². The fourth-order valence-electron chi connectivity index (χ4n) is 8.26. The van der Waals surface area contributed by atoms with Gasteiger partial charge in [0.25, 0.3) is 0 Å². The van der Waals surface area contributed by atoms with Gasteiger partial charge in [0.2, 0.25) is 17.6 Å². The summed E-state index contributed by atoms with van der Waals surface area (Å²) in [7, 11) is 0. The van der Waals surface area contributed by atoms with Gasteiger partial charge < -0.3 is 4.74 Å². The summed E-state index contributed by atoms with van der Waals surface area (Å²) >= 11 is 10.1. The maximum atomic E-state index is 13.9. The average Bonchev–Trinajstić information content (AvgIpc) is 3.89. The number of aromatic nitrogens is 1. The number of Topliss-reactive ketones (excluding diaryl/α,β-unsaturated/α-hetero) is 1. The summed E-state index contributed by atoms with van der Waals surface area (Å²) in [5.74, 6) is -0.300. The Kier molecular flexibility index (Phi) is 7.64. The number of amides is 2. The van der Waals surface area contributed by atoms with Crippen LogP contribution in [0.1, 0.15) is 52.5 Å². The van der Waals surface area contributed by atoms with Crippen molar-refractivity contribution in [1.82, 2.24) is 4.98 Å². The van der Waals surface area contributed by atoms with Crippen molar-refractivity contribution in [3.05, 3.63) is 105 Å². The summed E-state index contributed by atoms with van der Waals surface area (Å²) in [6.45, 7) is 3.77. The number of anilines is 1. The van der Waals surface area contributed by atoms with Crippen LogP contribution in [0.25, 0.3) is 22.2 Å². The summed E-state index contributed by atoms with van der Waals surface area (Å²) in [6, 6.07) is 19.4.